The van der Waals surface area contributed by atoms with Gasteiger partial charge in [-0.1, -0.05) is 42.5 Å². The lowest BCUT2D eigenvalue weighted by Crippen LogP contribution is -2.45. The molecule has 3 aromatic carbocycles. The molecule has 0 aromatic heterocycles. The van der Waals surface area contributed by atoms with Crippen LogP contribution in [0.1, 0.15) is 77.8 Å². The van der Waals surface area contributed by atoms with E-state index in [1.807, 2.05) is 81.4 Å². The van der Waals surface area contributed by atoms with Crippen molar-refractivity contribution in [2.24, 2.45) is 11.8 Å². The molecule has 1 aliphatic heterocycles. The van der Waals surface area contributed by atoms with Gasteiger partial charge in [0.05, 0.1) is 38.1 Å². The lowest BCUT2D eigenvalue weighted by molar-refractivity contribution is -0.166. The average molecular weight is 736 g/mol. The fourth-order valence-electron chi connectivity index (χ4n) is 6.71. The first-order valence-electron chi connectivity index (χ1n) is 18.5. The average Bonchev–Trinajstić information content (AvgIpc) is 3.62. The Kier molecular flexibility index (Phi) is 15.9. The standard InChI is InChI=1S/C41H53NO11/c1-7-47-38(44)23-34(41(46)51-11-5)33(40(45)50-10-4)22-37(43)42(25-28-16-17-29-14-12-13-15-30(29)20-28)27(6)32(24-39(48-8-2)49-9-3)31-18-19-35-36(21-31)53-26-52-35/h12-21,27,32-34,39H,7-11,22-26H2,1-6H3/t27-,32+,33?,34?/m1/s1. The van der Waals surface area contributed by atoms with E-state index in [1.54, 1.807) is 25.7 Å². The number of hydrogen-bond acceptors (Lipinski definition) is 11. The van der Waals surface area contributed by atoms with Gasteiger partial charge in [-0.2, -0.15) is 0 Å². The van der Waals surface area contributed by atoms with Gasteiger partial charge in [0.15, 0.2) is 17.8 Å². The molecule has 0 fully saturated rings. The van der Waals surface area contributed by atoms with E-state index in [1.165, 1.54) is 0 Å². The van der Waals surface area contributed by atoms with Crippen molar-refractivity contribution in [2.75, 3.05) is 39.8 Å². The van der Waals surface area contributed by atoms with Gasteiger partial charge in [-0.25, -0.2) is 0 Å². The molecule has 288 valence electrons. The van der Waals surface area contributed by atoms with Crippen LogP contribution >= 0.6 is 0 Å². The number of nitrogens with zero attached hydrogens (tertiary/aromatic N) is 1. The molecule has 3 aromatic rings. The number of carbonyl (C=O) groups excluding carboxylic acids is 4. The Morgan fingerprint density at radius 2 is 1.32 bits per heavy atom. The summed E-state index contributed by atoms with van der Waals surface area (Å²) in [6.45, 7) is 11.9. The van der Waals surface area contributed by atoms with Crippen molar-refractivity contribution in [3.8, 4) is 11.5 Å². The highest BCUT2D eigenvalue weighted by atomic mass is 16.7. The van der Waals surface area contributed by atoms with Gasteiger partial charge in [0.1, 0.15) is 0 Å². The summed E-state index contributed by atoms with van der Waals surface area (Å²) < 4.78 is 39.2. The molecular weight excluding hydrogens is 682 g/mol. The summed E-state index contributed by atoms with van der Waals surface area (Å²) >= 11 is 0. The molecule has 4 atom stereocenters. The van der Waals surface area contributed by atoms with E-state index < -0.39 is 60.8 Å². The van der Waals surface area contributed by atoms with E-state index in [0.717, 1.165) is 21.9 Å². The monoisotopic (exact) mass is 735 g/mol. The quantitative estimate of drug-likeness (QED) is 0.0669. The van der Waals surface area contributed by atoms with Gasteiger partial charge < -0.3 is 38.1 Å². The van der Waals surface area contributed by atoms with Crippen LogP contribution in [0.5, 0.6) is 11.5 Å². The molecule has 0 saturated carbocycles. The predicted molar refractivity (Wildman–Crippen MR) is 197 cm³/mol. The fraction of sp³-hybridized carbons (Fsp3) is 0.512. The van der Waals surface area contributed by atoms with Crippen LogP contribution in [0.2, 0.25) is 0 Å². The van der Waals surface area contributed by atoms with Crippen molar-refractivity contribution in [2.45, 2.75) is 85.6 Å². The molecule has 12 nitrogen and oxygen atoms in total. The summed E-state index contributed by atoms with van der Waals surface area (Å²) in [5.74, 6) is -4.42. The first-order chi connectivity index (χ1) is 25.6. The van der Waals surface area contributed by atoms with Crippen molar-refractivity contribution in [3.63, 3.8) is 0 Å². The third kappa shape index (κ3) is 11.2. The summed E-state index contributed by atoms with van der Waals surface area (Å²) in [4.78, 5) is 56.3. The lowest BCUT2D eigenvalue weighted by atomic mass is 9.84. The van der Waals surface area contributed by atoms with Crippen molar-refractivity contribution >= 4 is 34.6 Å². The largest absolute Gasteiger partial charge is 0.466 e. The highest BCUT2D eigenvalue weighted by Gasteiger charge is 2.41. The molecule has 0 aliphatic carbocycles. The fourth-order valence-corrected chi connectivity index (χ4v) is 6.71. The van der Waals surface area contributed by atoms with Crippen LogP contribution in [0.3, 0.4) is 0 Å². The number of amides is 1. The van der Waals surface area contributed by atoms with Crippen LogP contribution < -0.4 is 9.47 Å². The first kappa shape index (κ1) is 41.1. The van der Waals surface area contributed by atoms with Crippen LogP contribution in [0, 0.1) is 11.8 Å². The second-order valence-electron chi connectivity index (χ2n) is 12.7. The second kappa shape index (κ2) is 20.5. The van der Waals surface area contributed by atoms with Gasteiger partial charge in [0, 0.05) is 44.6 Å². The zero-order valence-corrected chi connectivity index (χ0v) is 31.7. The topological polar surface area (TPSA) is 136 Å². The van der Waals surface area contributed by atoms with Crippen molar-refractivity contribution in [3.05, 3.63) is 71.8 Å². The molecular formula is C41H53NO11. The lowest BCUT2D eigenvalue weighted by Gasteiger charge is -2.38. The first-order valence-corrected chi connectivity index (χ1v) is 18.5. The predicted octanol–water partition coefficient (Wildman–Crippen LogP) is 6.56. The molecule has 1 aliphatic rings. The molecule has 4 rings (SSSR count). The number of carbonyl (C=O) groups is 4. The third-order valence-electron chi connectivity index (χ3n) is 9.29. The Morgan fingerprint density at radius 1 is 0.698 bits per heavy atom. The van der Waals surface area contributed by atoms with Gasteiger partial charge in [0.2, 0.25) is 12.7 Å². The van der Waals surface area contributed by atoms with Crippen LogP contribution in [0.4, 0.5) is 0 Å². The maximum Gasteiger partial charge on any atom is 0.310 e. The number of ether oxygens (including phenoxy) is 7. The maximum atomic E-state index is 14.9. The van der Waals surface area contributed by atoms with Crippen molar-refractivity contribution < 1.29 is 52.3 Å². The zero-order valence-electron chi connectivity index (χ0n) is 31.7. The molecule has 12 heteroatoms. The molecule has 0 spiro atoms. The van der Waals surface area contributed by atoms with E-state index in [4.69, 9.17) is 33.2 Å². The second-order valence-corrected chi connectivity index (χ2v) is 12.7. The van der Waals surface area contributed by atoms with E-state index >= 15 is 0 Å². The van der Waals surface area contributed by atoms with Crippen LogP contribution in [-0.2, 0) is 49.4 Å². The van der Waals surface area contributed by atoms with Crippen molar-refractivity contribution in [1.29, 1.82) is 0 Å². The van der Waals surface area contributed by atoms with E-state index in [2.05, 4.69) is 0 Å². The minimum atomic E-state index is -1.32. The van der Waals surface area contributed by atoms with Crippen LogP contribution in [-0.4, -0.2) is 80.9 Å². The molecule has 0 radical (unpaired) electrons. The van der Waals surface area contributed by atoms with E-state index in [9.17, 15) is 19.2 Å². The third-order valence-corrected chi connectivity index (χ3v) is 9.29. The molecule has 2 unspecified atom stereocenters. The molecule has 1 heterocycles. The van der Waals surface area contributed by atoms with Gasteiger partial charge in [-0.15, -0.1) is 0 Å². The SMILES string of the molecule is CCOC(=O)CC(C(=O)OCC)C(CC(=O)N(Cc1ccc2ccccc2c1)[C@H](C)[C@H](CC(OCC)OCC)c1ccc2c(c1)OCO2)C(=O)OCC. The van der Waals surface area contributed by atoms with Gasteiger partial charge in [0.25, 0.3) is 0 Å². The molecule has 53 heavy (non-hydrogen) atoms. The molecule has 0 bridgehead atoms. The molecule has 1 amide bonds. The summed E-state index contributed by atoms with van der Waals surface area (Å²) in [6, 6.07) is 19.2. The smallest absolute Gasteiger partial charge is 0.310 e. The van der Waals surface area contributed by atoms with Gasteiger partial charge in [-0.05, 0) is 81.6 Å². The summed E-state index contributed by atoms with van der Waals surface area (Å²) in [5, 5.41) is 2.06. The normalized spacial score (nSPS) is 14.3. The summed E-state index contributed by atoms with van der Waals surface area (Å²) in [6.07, 6.45) is -1.06. The van der Waals surface area contributed by atoms with E-state index in [-0.39, 0.29) is 39.1 Å². The Morgan fingerprint density at radius 3 is 1.96 bits per heavy atom. The molecule has 0 saturated heterocycles. The summed E-state index contributed by atoms with van der Waals surface area (Å²) in [5.41, 5.74) is 1.73. The molecule has 0 N–H and O–H groups in total. The number of esters is 3. The number of rotatable bonds is 21. The van der Waals surface area contributed by atoms with E-state index in [0.29, 0.717) is 31.1 Å². The zero-order chi connectivity index (χ0) is 38.3. The van der Waals surface area contributed by atoms with Crippen molar-refractivity contribution in [1.82, 2.24) is 4.90 Å². The highest BCUT2D eigenvalue weighted by Crippen LogP contribution is 2.39. The summed E-state index contributed by atoms with van der Waals surface area (Å²) in [7, 11) is 0. The van der Waals surface area contributed by atoms with Gasteiger partial charge in [-0.3, -0.25) is 19.2 Å². The van der Waals surface area contributed by atoms with Crippen LogP contribution in [0.25, 0.3) is 10.8 Å². The van der Waals surface area contributed by atoms with Crippen LogP contribution in [0.15, 0.2) is 60.7 Å². The highest BCUT2D eigenvalue weighted by molar-refractivity contribution is 5.90. The van der Waals surface area contributed by atoms with Gasteiger partial charge >= 0.3 is 17.9 Å². The minimum Gasteiger partial charge on any atom is -0.466 e. The minimum absolute atomic E-state index is 0.0120. The Balaban J connectivity index is 1.80. The Bertz CT molecular complexity index is 1670. The maximum absolute atomic E-state index is 14.9. The number of fused-ring (bicyclic) bond motifs is 2. The Labute approximate surface area is 311 Å². The number of benzene rings is 3. The Hall–Kier alpha value is -4.68. The number of hydrogen-bond donors (Lipinski definition) is 0.